The maximum Gasteiger partial charge on any atom is 0.407 e. The largest absolute Gasteiger partial charge is 0.450 e. The molecule has 0 bridgehead atoms. The predicted molar refractivity (Wildman–Crippen MR) is 105 cm³/mol. The van der Waals surface area contributed by atoms with Gasteiger partial charge in [-0.1, -0.05) is 104 Å². The lowest BCUT2D eigenvalue weighted by atomic mass is 10.1. The summed E-state index contributed by atoms with van der Waals surface area (Å²) < 4.78 is 5.15. The Bertz CT molecular complexity index is 256. The predicted octanol–water partition coefficient (Wildman–Crippen LogP) is 6.99. The van der Waals surface area contributed by atoms with E-state index in [4.69, 9.17) is 4.74 Å². The Morgan fingerprint density at radius 2 is 1.04 bits per heavy atom. The van der Waals surface area contributed by atoms with Crippen LogP contribution >= 0.6 is 0 Å². The Labute approximate surface area is 151 Å². The minimum atomic E-state index is -0.241. The van der Waals surface area contributed by atoms with Crippen LogP contribution in [0.4, 0.5) is 4.79 Å². The van der Waals surface area contributed by atoms with Gasteiger partial charge in [0.2, 0.25) is 0 Å². The lowest BCUT2D eigenvalue weighted by molar-refractivity contribution is 0.143. The molecule has 0 aromatic heterocycles. The molecule has 0 radical (unpaired) electrons. The molecule has 3 heteroatoms. The Morgan fingerprint density at radius 3 is 1.54 bits per heavy atom. The van der Waals surface area contributed by atoms with E-state index in [2.05, 4.69) is 19.2 Å². The zero-order valence-electron chi connectivity index (χ0n) is 16.5. The van der Waals surface area contributed by atoms with Crippen LogP contribution in [-0.4, -0.2) is 19.2 Å². The topological polar surface area (TPSA) is 38.3 Å². The van der Waals surface area contributed by atoms with Crippen molar-refractivity contribution in [1.29, 1.82) is 0 Å². The molecule has 0 aliphatic rings. The average molecular weight is 342 g/mol. The number of rotatable bonds is 18. The number of carbonyl (C=O) groups is 1. The van der Waals surface area contributed by atoms with Gasteiger partial charge >= 0.3 is 6.09 Å². The number of hydrogen-bond donors (Lipinski definition) is 1. The van der Waals surface area contributed by atoms with Crippen LogP contribution in [0.5, 0.6) is 0 Å². The maximum absolute atomic E-state index is 11.4. The minimum Gasteiger partial charge on any atom is -0.450 e. The smallest absolute Gasteiger partial charge is 0.407 e. The highest BCUT2D eigenvalue weighted by atomic mass is 16.5. The molecular formula is C21H43NO2. The van der Waals surface area contributed by atoms with Crippen molar-refractivity contribution in [2.75, 3.05) is 13.2 Å². The van der Waals surface area contributed by atoms with E-state index in [1.165, 1.54) is 83.5 Å². The first-order valence-corrected chi connectivity index (χ1v) is 10.7. The van der Waals surface area contributed by atoms with Crippen LogP contribution in [-0.2, 0) is 4.74 Å². The zero-order chi connectivity index (χ0) is 17.7. The molecule has 0 rings (SSSR count). The van der Waals surface area contributed by atoms with Gasteiger partial charge < -0.3 is 10.1 Å². The molecule has 0 saturated heterocycles. The fourth-order valence-corrected chi connectivity index (χ4v) is 2.90. The molecule has 0 atom stereocenters. The van der Waals surface area contributed by atoms with Gasteiger partial charge in [0, 0.05) is 6.54 Å². The lowest BCUT2D eigenvalue weighted by Gasteiger charge is -2.07. The van der Waals surface area contributed by atoms with Gasteiger partial charge in [0.05, 0.1) is 6.61 Å². The fraction of sp³-hybridized carbons (Fsp3) is 0.952. The maximum atomic E-state index is 11.4. The quantitative estimate of drug-likeness (QED) is 0.273. The SMILES string of the molecule is CCCCCCCCCCCCCCNC(=O)OCCCCCC. The van der Waals surface area contributed by atoms with Crippen molar-refractivity contribution >= 4 is 6.09 Å². The Hall–Kier alpha value is -0.730. The summed E-state index contributed by atoms with van der Waals surface area (Å²) >= 11 is 0. The summed E-state index contributed by atoms with van der Waals surface area (Å²) in [5, 5.41) is 2.85. The fourth-order valence-electron chi connectivity index (χ4n) is 2.90. The van der Waals surface area contributed by atoms with Crippen molar-refractivity contribution in [2.45, 2.75) is 117 Å². The molecule has 0 aromatic rings. The molecular weight excluding hydrogens is 298 g/mol. The first-order chi connectivity index (χ1) is 11.8. The third kappa shape index (κ3) is 19.3. The van der Waals surface area contributed by atoms with Crippen LogP contribution in [0.15, 0.2) is 0 Å². The summed E-state index contributed by atoms with van der Waals surface area (Å²) in [5.41, 5.74) is 0. The van der Waals surface area contributed by atoms with Crippen LogP contribution in [0.3, 0.4) is 0 Å². The van der Waals surface area contributed by atoms with Crippen molar-refractivity contribution < 1.29 is 9.53 Å². The Morgan fingerprint density at radius 1 is 0.625 bits per heavy atom. The number of carbonyl (C=O) groups excluding carboxylic acids is 1. The number of unbranched alkanes of at least 4 members (excludes halogenated alkanes) is 14. The van der Waals surface area contributed by atoms with Gasteiger partial charge in [0.25, 0.3) is 0 Å². The number of nitrogens with one attached hydrogen (secondary N) is 1. The monoisotopic (exact) mass is 341 g/mol. The first kappa shape index (κ1) is 23.3. The van der Waals surface area contributed by atoms with Gasteiger partial charge in [0.1, 0.15) is 0 Å². The van der Waals surface area contributed by atoms with Crippen LogP contribution in [0.1, 0.15) is 117 Å². The lowest BCUT2D eigenvalue weighted by Crippen LogP contribution is -2.25. The van der Waals surface area contributed by atoms with Crippen molar-refractivity contribution in [3.05, 3.63) is 0 Å². The number of ether oxygens (including phenoxy) is 1. The molecule has 0 spiro atoms. The number of amides is 1. The number of hydrogen-bond acceptors (Lipinski definition) is 2. The first-order valence-electron chi connectivity index (χ1n) is 10.7. The van der Waals surface area contributed by atoms with Crippen molar-refractivity contribution in [2.24, 2.45) is 0 Å². The van der Waals surface area contributed by atoms with Gasteiger partial charge in [-0.15, -0.1) is 0 Å². The molecule has 1 N–H and O–H groups in total. The summed E-state index contributed by atoms with van der Waals surface area (Å²) in [5.74, 6) is 0. The van der Waals surface area contributed by atoms with Crippen LogP contribution in [0.2, 0.25) is 0 Å². The van der Waals surface area contributed by atoms with E-state index in [1.54, 1.807) is 0 Å². The zero-order valence-corrected chi connectivity index (χ0v) is 16.5. The Kier molecular flexibility index (Phi) is 19.7. The molecule has 0 heterocycles. The van der Waals surface area contributed by atoms with Gasteiger partial charge in [-0.05, 0) is 12.8 Å². The number of alkyl carbamates (subject to hydrolysis) is 1. The molecule has 0 fully saturated rings. The minimum absolute atomic E-state index is 0.241. The summed E-state index contributed by atoms with van der Waals surface area (Å²) in [6.07, 6.45) is 20.5. The van der Waals surface area contributed by atoms with E-state index < -0.39 is 0 Å². The van der Waals surface area contributed by atoms with Gasteiger partial charge in [-0.25, -0.2) is 4.79 Å². The van der Waals surface area contributed by atoms with Crippen molar-refractivity contribution in [3.8, 4) is 0 Å². The van der Waals surface area contributed by atoms with E-state index >= 15 is 0 Å². The van der Waals surface area contributed by atoms with E-state index in [9.17, 15) is 4.79 Å². The molecule has 0 aromatic carbocycles. The summed E-state index contributed by atoms with van der Waals surface area (Å²) in [6, 6.07) is 0. The second-order valence-corrected chi connectivity index (χ2v) is 7.01. The van der Waals surface area contributed by atoms with Gasteiger partial charge in [-0.2, -0.15) is 0 Å². The molecule has 3 nitrogen and oxygen atoms in total. The van der Waals surface area contributed by atoms with Gasteiger partial charge in [0.15, 0.2) is 0 Å². The van der Waals surface area contributed by atoms with Crippen LogP contribution in [0.25, 0.3) is 0 Å². The van der Waals surface area contributed by atoms with E-state index in [0.29, 0.717) is 6.61 Å². The molecule has 0 aliphatic carbocycles. The molecule has 1 amide bonds. The molecule has 24 heavy (non-hydrogen) atoms. The van der Waals surface area contributed by atoms with E-state index in [0.717, 1.165) is 25.8 Å². The summed E-state index contributed by atoms with van der Waals surface area (Å²) in [4.78, 5) is 11.4. The normalized spacial score (nSPS) is 10.8. The molecule has 0 saturated carbocycles. The highest BCUT2D eigenvalue weighted by Crippen LogP contribution is 2.11. The average Bonchev–Trinajstić information content (AvgIpc) is 2.59. The molecule has 0 unspecified atom stereocenters. The third-order valence-electron chi connectivity index (χ3n) is 4.53. The van der Waals surface area contributed by atoms with Crippen LogP contribution < -0.4 is 5.32 Å². The van der Waals surface area contributed by atoms with Crippen molar-refractivity contribution in [1.82, 2.24) is 5.32 Å². The third-order valence-corrected chi connectivity index (χ3v) is 4.53. The summed E-state index contributed by atoms with van der Waals surface area (Å²) in [6.45, 7) is 5.77. The highest BCUT2D eigenvalue weighted by Gasteiger charge is 2.00. The highest BCUT2D eigenvalue weighted by molar-refractivity contribution is 5.66. The van der Waals surface area contributed by atoms with Gasteiger partial charge in [-0.3, -0.25) is 0 Å². The second kappa shape index (κ2) is 20.3. The summed E-state index contributed by atoms with van der Waals surface area (Å²) in [7, 11) is 0. The van der Waals surface area contributed by atoms with E-state index in [1.807, 2.05) is 0 Å². The molecule has 144 valence electrons. The van der Waals surface area contributed by atoms with Crippen molar-refractivity contribution in [3.63, 3.8) is 0 Å². The Balaban J connectivity index is 3.10. The standard InChI is InChI=1S/C21H43NO2/c1-3-5-7-9-10-11-12-13-14-15-16-17-19-22-21(23)24-20-18-8-6-4-2/h3-20H2,1-2H3,(H,22,23). The van der Waals surface area contributed by atoms with Crippen LogP contribution in [0, 0.1) is 0 Å². The van der Waals surface area contributed by atoms with E-state index in [-0.39, 0.29) is 6.09 Å². The molecule has 0 aliphatic heterocycles. The second-order valence-electron chi connectivity index (χ2n) is 7.01.